The molecule has 2 N–H and O–H groups in total. The number of para-hydroxylation sites is 1. The second-order valence-corrected chi connectivity index (χ2v) is 3.88. The van der Waals surface area contributed by atoms with Crippen molar-refractivity contribution in [2.75, 3.05) is 12.8 Å². The molecule has 0 amide bonds. The molecular formula is C13H17N3O. The predicted molar refractivity (Wildman–Crippen MR) is 68.9 cm³/mol. The standard InChI is InChI=1S/C13H17N3O/c1-3-8-16-13(14)9-11(15-16)10-6-4-5-7-12(10)17-2/h4-7,9H,3,8,14H2,1-2H3. The minimum absolute atomic E-state index is 0.688. The Morgan fingerprint density at radius 1 is 1.35 bits per heavy atom. The van der Waals surface area contributed by atoms with E-state index in [-0.39, 0.29) is 0 Å². The lowest BCUT2D eigenvalue weighted by molar-refractivity contribution is 0.416. The van der Waals surface area contributed by atoms with Crippen molar-refractivity contribution in [3.63, 3.8) is 0 Å². The summed E-state index contributed by atoms with van der Waals surface area (Å²) in [5.74, 6) is 1.50. The van der Waals surface area contributed by atoms with Gasteiger partial charge in [0.25, 0.3) is 0 Å². The summed E-state index contributed by atoms with van der Waals surface area (Å²) < 4.78 is 7.14. The normalized spacial score (nSPS) is 10.5. The Morgan fingerprint density at radius 2 is 2.12 bits per heavy atom. The first-order valence-corrected chi connectivity index (χ1v) is 5.73. The van der Waals surface area contributed by atoms with E-state index in [1.165, 1.54) is 0 Å². The average molecular weight is 231 g/mol. The molecule has 2 aromatic rings. The van der Waals surface area contributed by atoms with Gasteiger partial charge in [0.15, 0.2) is 0 Å². The lowest BCUT2D eigenvalue weighted by atomic mass is 10.1. The third-order valence-electron chi connectivity index (χ3n) is 2.63. The van der Waals surface area contributed by atoms with Gasteiger partial charge in [-0.05, 0) is 18.6 Å². The second kappa shape index (κ2) is 4.91. The SMILES string of the molecule is CCCn1nc(-c2ccccc2OC)cc1N. The van der Waals surface area contributed by atoms with Gasteiger partial charge in [-0.3, -0.25) is 0 Å². The number of methoxy groups -OCH3 is 1. The molecule has 0 aliphatic rings. The summed E-state index contributed by atoms with van der Waals surface area (Å²) in [6.07, 6.45) is 1.01. The van der Waals surface area contributed by atoms with E-state index in [9.17, 15) is 0 Å². The Balaban J connectivity index is 2.42. The van der Waals surface area contributed by atoms with Crippen molar-refractivity contribution in [3.8, 4) is 17.0 Å². The Kier molecular flexibility index (Phi) is 3.32. The van der Waals surface area contributed by atoms with Gasteiger partial charge in [0.1, 0.15) is 11.6 Å². The van der Waals surface area contributed by atoms with Crippen molar-refractivity contribution < 1.29 is 4.74 Å². The minimum Gasteiger partial charge on any atom is -0.496 e. The summed E-state index contributed by atoms with van der Waals surface area (Å²) in [7, 11) is 1.66. The van der Waals surface area contributed by atoms with Gasteiger partial charge < -0.3 is 10.5 Å². The monoisotopic (exact) mass is 231 g/mol. The van der Waals surface area contributed by atoms with E-state index in [1.54, 1.807) is 7.11 Å². The number of anilines is 1. The maximum atomic E-state index is 5.92. The van der Waals surface area contributed by atoms with Crippen LogP contribution in [0.5, 0.6) is 5.75 Å². The number of hydrogen-bond acceptors (Lipinski definition) is 3. The van der Waals surface area contributed by atoms with Crippen LogP contribution in [0.1, 0.15) is 13.3 Å². The quantitative estimate of drug-likeness (QED) is 0.879. The van der Waals surface area contributed by atoms with Crippen molar-refractivity contribution in [1.29, 1.82) is 0 Å². The van der Waals surface area contributed by atoms with Gasteiger partial charge in [-0.25, -0.2) is 4.68 Å². The highest BCUT2D eigenvalue weighted by Crippen LogP contribution is 2.29. The molecular weight excluding hydrogens is 214 g/mol. The summed E-state index contributed by atoms with van der Waals surface area (Å²) in [4.78, 5) is 0. The lowest BCUT2D eigenvalue weighted by Crippen LogP contribution is -2.03. The van der Waals surface area contributed by atoms with Crippen LogP contribution in [-0.4, -0.2) is 16.9 Å². The van der Waals surface area contributed by atoms with Crippen LogP contribution in [0, 0.1) is 0 Å². The zero-order chi connectivity index (χ0) is 12.3. The van der Waals surface area contributed by atoms with Crippen LogP contribution in [0.15, 0.2) is 30.3 Å². The number of rotatable bonds is 4. The number of hydrogen-bond donors (Lipinski definition) is 1. The van der Waals surface area contributed by atoms with Crippen LogP contribution in [0.3, 0.4) is 0 Å². The van der Waals surface area contributed by atoms with E-state index < -0.39 is 0 Å². The van der Waals surface area contributed by atoms with Gasteiger partial charge in [0.05, 0.1) is 12.8 Å². The van der Waals surface area contributed by atoms with E-state index in [4.69, 9.17) is 10.5 Å². The van der Waals surface area contributed by atoms with Crippen molar-refractivity contribution >= 4 is 5.82 Å². The molecule has 1 aromatic heterocycles. The van der Waals surface area contributed by atoms with E-state index in [0.717, 1.165) is 30.0 Å². The first-order valence-electron chi connectivity index (χ1n) is 5.73. The highest BCUT2D eigenvalue weighted by Gasteiger charge is 2.10. The summed E-state index contributed by atoms with van der Waals surface area (Å²) in [5, 5.41) is 4.49. The molecule has 0 bridgehead atoms. The maximum Gasteiger partial charge on any atom is 0.128 e. The zero-order valence-electron chi connectivity index (χ0n) is 10.2. The number of nitrogen functional groups attached to an aromatic ring is 1. The first kappa shape index (κ1) is 11.5. The second-order valence-electron chi connectivity index (χ2n) is 3.88. The number of nitrogens with zero attached hydrogens (tertiary/aromatic N) is 2. The van der Waals surface area contributed by atoms with Crippen LogP contribution < -0.4 is 10.5 Å². The molecule has 0 fully saturated rings. The molecule has 0 unspecified atom stereocenters. The molecule has 4 heteroatoms. The lowest BCUT2D eigenvalue weighted by Gasteiger charge is -2.05. The molecule has 0 saturated carbocycles. The molecule has 90 valence electrons. The zero-order valence-corrected chi connectivity index (χ0v) is 10.2. The van der Waals surface area contributed by atoms with Gasteiger partial charge in [-0.15, -0.1) is 0 Å². The smallest absolute Gasteiger partial charge is 0.128 e. The number of nitrogens with two attached hydrogens (primary N) is 1. The predicted octanol–water partition coefficient (Wildman–Crippen LogP) is 2.55. The van der Waals surface area contributed by atoms with Crippen LogP contribution in [0.2, 0.25) is 0 Å². The fourth-order valence-electron chi connectivity index (χ4n) is 1.81. The average Bonchev–Trinajstić information content (AvgIpc) is 2.71. The molecule has 1 aromatic carbocycles. The highest BCUT2D eigenvalue weighted by molar-refractivity contribution is 5.69. The first-order chi connectivity index (χ1) is 8.26. The number of ether oxygens (including phenoxy) is 1. The van der Waals surface area contributed by atoms with Crippen molar-refractivity contribution in [1.82, 2.24) is 9.78 Å². The van der Waals surface area contributed by atoms with Crippen LogP contribution in [0.25, 0.3) is 11.3 Å². The third kappa shape index (κ3) is 2.25. The van der Waals surface area contributed by atoms with Crippen molar-refractivity contribution in [2.45, 2.75) is 19.9 Å². The summed E-state index contributed by atoms with van der Waals surface area (Å²) in [6.45, 7) is 2.94. The van der Waals surface area contributed by atoms with Crippen LogP contribution in [0.4, 0.5) is 5.82 Å². The Labute approximate surface area is 101 Å². The Morgan fingerprint density at radius 3 is 2.82 bits per heavy atom. The van der Waals surface area contributed by atoms with Crippen molar-refractivity contribution in [2.24, 2.45) is 0 Å². The molecule has 0 aliphatic heterocycles. The van der Waals surface area contributed by atoms with Crippen molar-refractivity contribution in [3.05, 3.63) is 30.3 Å². The highest BCUT2D eigenvalue weighted by atomic mass is 16.5. The molecule has 17 heavy (non-hydrogen) atoms. The fraction of sp³-hybridized carbons (Fsp3) is 0.308. The minimum atomic E-state index is 0.688. The van der Waals surface area contributed by atoms with Gasteiger partial charge in [-0.2, -0.15) is 5.10 Å². The molecule has 4 nitrogen and oxygen atoms in total. The summed E-state index contributed by atoms with van der Waals surface area (Å²) in [5.41, 5.74) is 7.74. The number of aromatic nitrogens is 2. The topological polar surface area (TPSA) is 53.1 Å². The Bertz CT molecular complexity index is 505. The molecule has 2 rings (SSSR count). The molecule has 0 atom stereocenters. The summed E-state index contributed by atoms with van der Waals surface area (Å²) >= 11 is 0. The van der Waals surface area contributed by atoms with Crippen LogP contribution in [-0.2, 0) is 6.54 Å². The van der Waals surface area contributed by atoms with Gasteiger partial charge in [-0.1, -0.05) is 19.1 Å². The molecule has 1 heterocycles. The summed E-state index contributed by atoms with van der Waals surface area (Å²) in [6, 6.07) is 9.69. The third-order valence-corrected chi connectivity index (χ3v) is 2.63. The largest absolute Gasteiger partial charge is 0.496 e. The number of benzene rings is 1. The fourth-order valence-corrected chi connectivity index (χ4v) is 1.81. The van der Waals surface area contributed by atoms with Gasteiger partial charge in [0, 0.05) is 18.2 Å². The van der Waals surface area contributed by atoms with E-state index in [2.05, 4.69) is 12.0 Å². The molecule has 0 spiro atoms. The van der Waals surface area contributed by atoms with Gasteiger partial charge in [0.2, 0.25) is 0 Å². The van der Waals surface area contributed by atoms with E-state index in [0.29, 0.717) is 5.82 Å². The molecule has 0 radical (unpaired) electrons. The number of aryl methyl sites for hydroxylation is 1. The molecule has 0 saturated heterocycles. The van der Waals surface area contributed by atoms with Crippen LogP contribution >= 0.6 is 0 Å². The van der Waals surface area contributed by atoms with E-state index in [1.807, 2.05) is 35.0 Å². The van der Waals surface area contributed by atoms with Gasteiger partial charge >= 0.3 is 0 Å². The Hall–Kier alpha value is -1.97. The molecule has 0 aliphatic carbocycles. The van der Waals surface area contributed by atoms with E-state index >= 15 is 0 Å². The maximum absolute atomic E-state index is 5.92.